The molecule has 0 spiro atoms. The van der Waals surface area contributed by atoms with Gasteiger partial charge < -0.3 is 9.32 Å². The molecule has 0 aromatic heterocycles. The van der Waals surface area contributed by atoms with Crippen LogP contribution in [0.2, 0.25) is 0 Å². The van der Waals surface area contributed by atoms with Gasteiger partial charge in [0, 0.05) is 29.4 Å². The second-order valence-electron chi connectivity index (χ2n) is 7.94. The van der Waals surface area contributed by atoms with E-state index < -0.39 is 0 Å². The van der Waals surface area contributed by atoms with Crippen molar-refractivity contribution in [2.45, 2.75) is 47.1 Å². The van der Waals surface area contributed by atoms with Gasteiger partial charge in [-0.05, 0) is 59.2 Å². The van der Waals surface area contributed by atoms with Crippen molar-refractivity contribution in [1.29, 1.82) is 0 Å². The van der Waals surface area contributed by atoms with Gasteiger partial charge in [0.15, 0.2) is 11.3 Å². The number of hydrogen-bond donors (Lipinski definition) is 1. The molecule has 3 aliphatic rings. The summed E-state index contributed by atoms with van der Waals surface area (Å²) in [5.74, 6) is 0.814. The second-order valence-corrected chi connectivity index (χ2v) is 7.94. The van der Waals surface area contributed by atoms with Gasteiger partial charge in [0.25, 0.3) is 0 Å². The van der Waals surface area contributed by atoms with E-state index in [-0.39, 0.29) is 5.54 Å². The molecular formula is C23H28N3O+. The van der Waals surface area contributed by atoms with Crippen LogP contribution in [0.1, 0.15) is 45.7 Å². The maximum atomic E-state index is 6.30. The van der Waals surface area contributed by atoms with Crippen molar-refractivity contribution in [3.63, 3.8) is 0 Å². The fourth-order valence-corrected chi connectivity index (χ4v) is 4.31. The third-order valence-electron chi connectivity index (χ3n) is 5.51. The Kier molecular flexibility index (Phi) is 4.10. The Morgan fingerprint density at radius 2 is 1.89 bits per heavy atom. The molecule has 0 atom stereocenters. The van der Waals surface area contributed by atoms with Crippen molar-refractivity contribution in [1.82, 2.24) is 4.98 Å². The maximum absolute atomic E-state index is 6.30. The van der Waals surface area contributed by atoms with Crippen LogP contribution in [0.5, 0.6) is 0 Å². The predicted molar refractivity (Wildman–Crippen MR) is 111 cm³/mol. The van der Waals surface area contributed by atoms with Crippen LogP contribution in [0.4, 0.5) is 5.69 Å². The summed E-state index contributed by atoms with van der Waals surface area (Å²) in [6, 6.07) is 8.49. The number of allylic oxidation sites excluding steroid dienone is 1. The van der Waals surface area contributed by atoms with Crippen molar-refractivity contribution in [2.24, 2.45) is 0 Å². The Bertz CT molecular complexity index is 1100. The molecule has 0 radical (unpaired) electrons. The highest BCUT2D eigenvalue weighted by atomic mass is 16.3. The topological polar surface area (TPSA) is 43.2 Å². The van der Waals surface area contributed by atoms with Gasteiger partial charge in [-0.15, -0.1) is 0 Å². The van der Waals surface area contributed by atoms with Gasteiger partial charge in [-0.1, -0.05) is 6.08 Å². The number of fused-ring (bicyclic) bond motifs is 3. The van der Waals surface area contributed by atoms with Gasteiger partial charge in [-0.3, -0.25) is 0 Å². The fraction of sp³-hybridized carbons (Fsp3) is 0.391. The zero-order chi connectivity index (χ0) is 19.3. The summed E-state index contributed by atoms with van der Waals surface area (Å²) in [6.45, 7) is 14.9. The molecule has 0 fully saturated rings. The zero-order valence-electron chi connectivity index (χ0n) is 17.1. The maximum Gasteiger partial charge on any atom is 0.205 e. The van der Waals surface area contributed by atoms with Crippen LogP contribution in [-0.2, 0) is 0 Å². The molecular weight excluding hydrogens is 334 g/mol. The van der Waals surface area contributed by atoms with E-state index in [2.05, 4.69) is 81.8 Å². The van der Waals surface area contributed by atoms with E-state index in [9.17, 15) is 0 Å². The first-order valence-corrected chi connectivity index (χ1v) is 9.77. The summed E-state index contributed by atoms with van der Waals surface area (Å²) < 4.78 is 6.30. The summed E-state index contributed by atoms with van der Waals surface area (Å²) in [5, 5.41) is 1.10. The highest BCUT2D eigenvalue weighted by Crippen LogP contribution is 2.41. The first-order chi connectivity index (χ1) is 12.8. The third kappa shape index (κ3) is 2.84. The molecule has 0 saturated heterocycles. The first-order valence-electron chi connectivity index (χ1n) is 9.77. The van der Waals surface area contributed by atoms with Crippen LogP contribution >= 0.6 is 0 Å². The average molecular weight is 362 g/mol. The number of aromatic nitrogens is 1. The van der Waals surface area contributed by atoms with Crippen molar-refractivity contribution in [3.8, 4) is 11.5 Å². The second kappa shape index (κ2) is 6.22. The molecule has 2 aliphatic heterocycles. The van der Waals surface area contributed by atoms with Crippen LogP contribution < -0.4 is 15.2 Å². The largest absolute Gasteiger partial charge is 0.452 e. The van der Waals surface area contributed by atoms with Gasteiger partial charge in [0.05, 0.1) is 11.6 Å². The third-order valence-corrected chi connectivity index (χ3v) is 5.51. The number of likely N-dealkylation sites (N-methyl/N-ethyl adjacent to an activating group) is 1. The van der Waals surface area contributed by atoms with Crippen molar-refractivity contribution in [3.05, 3.63) is 46.8 Å². The molecule has 2 heterocycles. The highest BCUT2D eigenvalue weighted by molar-refractivity contribution is 5.91. The van der Waals surface area contributed by atoms with E-state index in [0.29, 0.717) is 0 Å². The molecule has 0 amide bonds. The number of rotatable bonds is 2. The Morgan fingerprint density at radius 3 is 2.59 bits per heavy atom. The molecule has 1 N–H and O–H groups in total. The summed E-state index contributed by atoms with van der Waals surface area (Å²) in [6.07, 6.45) is 2.34. The monoisotopic (exact) mass is 362 g/mol. The number of hydrogen-bond acceptors (Lipinski definition) is 3. The number of aryl methyl sites for hydroxylation is 1. The smallest absolute Gasteiger partial charge is 0.205 e. The standard InChI is InChI=1S/C23H27N3O/c1-7-24-17-11-21-18(9-14(17)3)25-19-10-16-15(4)13-23(5,6)26(8-2)20(16)12-22(19)27-21/h9-13H,7-8H2,1-6H3/p+1. The zero-order valence-corrected chi connectivity index (χ0v) is 17.1. The fourth-order valence-electron chi connectivity index (χ4n) is 4.31. The van der Waals surface area contributed by atoms with E-state index in [4.69, 9.17) is 9.40 Å². The number of benzene rings is 2. The Labute approximate surface area is 160 Å². The lowest BCUT2D eigenvalue weighted by Gasteiger charge is -2.42. The van der Waals surface area contributed by atoms with Crippen molar-refractivity contribution in [2.75, 3.05) is 18.0 Å². The molecule has 140 valence electrons. The van der Waals surface area contributed by atoms with Crippen LogP contribution in [0.15, 0.2) is 34.8 Å². The average Bonchev–Trinajstić information content (AvgIpc) is 2.59. The summed E-state index contributed by atoms with van der Waals surface area (Å²) in [7, 11) is 0. The van der Waals surface area contributed by atoms with Crippen LogP contribution in [0, 0.1) is 6.92 Å². The molecule has 4 heteroatoms. The number of nitrogens with one attached hydrogen (secondary N) is 1. The highest BCUT2D eigenvalue weighted by Gasteiger charge is 2.31. The number of anilines is 1. The normalized spacial score (nSPS) is 16.7. The first kappa shape index (κ1) is 17.8. The van der Waals surface area contributed by atoms with Gasteiger partial charge in [0.1, 0.15) is 17.8 Å². The van der Waals surface area contributed by atoms with Crippen LogP contribution in [-0.4, -0.2) is 23.6 Å². The van der Waals surface area contributed by atoms with Crippen molar-refractivity contribution >= 4 is 22.4 Å². The summed E-state index contributed by atoms with van der Waals surface area (Å²) in [4.78, 5) is 10.7. The molecule has 27 heavy (non-hydrogen) atoms. The van der Waals surface area contributed by atoms with Crippen molar-refractivity contribution < 1.29 is 9.41 Å². The summed E-state index contributed by atoms with van der Waals surface area (Å²) >= 11 is 0. The Morgan fingerprint density at radius 1 is 1.11 bits per heavy atom. The molecule has 0 saturated carbocycles. The van der Waals surface area contributed by atoms with E-state index in [0.717, 1.165) is 41.0 Å². The van der Waals surface area contributed by atoms with Crippen LogP contribution in [0.3, 0.4) is 0 Å². The quantitative estimate of drug-likeness (QED) is 0.712. The lowest BCUT2D eigenvalue weighted by molar-refractivity contribution is -0.496. The van der Waals surface area contributed by atoms with E-state index in [1.165, 1.54) is 22.4 Å². The van der Waals surface area contributed by atoms with E-state index in [1.54, 1.807) is 0 Å². The van der Waals surface area contributed by atoms with Gasteiger partial charge in [-0.25, -0.2) is 9.98 Å². The molecule has 1 aliphatic carbocycles. The Balaban J connectivity index is 2.01. The lowest BCUT2D eigenvalue weighted by atomic mass is 9.88. The van der Waals surface area contributed by atoms with Gasteiger partial charge in [-0.2, -0.15) is 0 Å². The minimum atomic E-state index is -0.0148. The molecule has 4 rings (SSSR count). The Hall–Kier alpha value is -2.62. The van der Waals surface area contributed by atoms with E-state index in [1.807, 2.05) is 0 Å². The van der Waals surface area contributed by atoms with Gasteiger partial charge in [0.2, 0.25) is 5.36 Å². The predicted octanol–water partition coefficient (Wildman–Crippen LogP) is 3.26. The molecule has 4 nitrogen and oxygen atoms in total. The minimum Gasteiger partial charge on any atom is -0.452 e. The van der Waals surface area contributed by atoms with Crippen LogP contribution in [0.25, 0.3) is 28.1 Å². The van der Waals surface area contributed by atoms with Gasteiger partial charge >= 0.3 is 0 Å². The molecule has 0 bridgehead atoms. The SMILES string of the molecule is CC[NH+]=c1cc2oc3cc4c(cc3nc-2cc1C)C(C)=CC(C)(C)N4CC. The minimum absolute atomic E-state index is 0.0148. The number of nitrogens with zero attached hydrogens (tertiary/aromatic N) is 2. The summed E-state index contributed by atoms with van der Waals surface area (Å²) in [5.41, 5.74) is 7.55. The van der Waals surface area contributed by atoms with E-state index >= 15 is 0 Å². The molecule has 1 aromatic carbocycles. The lowest BCUT2D eigenvalue weighted by Crippen LogP contribution is -2.76. The molecule has 0 unspecified atom stereocenters. The molecule has 1 aromatic rings.